The number of hydrogen-bond acceptors (Lipinski definition) is 4. The van der Waals surface area contributed by atoms with Crippen molar-refractivity contribution in [3.63, 3.8) is 0 Å². The summed E-state index contributed by atoms with van der Waals surface area (Å²) in [6.07, 6.45) is 0.735. The Morgan fingerprint density at radius 1 is 1.12 bits per heavy atom. The topological polar surface area (TPSA) is 87.5 Å². The van der Waals surface area contributed by atoms with E-state index >= 15 is 0 Å². The van der Waals surface area contributed by atoms with Gasteiger partial charge in [-0.3, -0.25) is 9.59 Å². The van der Waals surface area contributed by atoms with Crippen LogP contribution in [0.25, 0.3) is 0 Å². The minimum Gasteiger partial charge on any atom is -0.326 e. The molecule has 0 fully saturated rings. The molecule has 0 bridgehead atoms. The van der Waals surface area contributed by atoms with Gasteiger partial charge in [0.1, 0.15) is 23.4 Å². The molecule has 5 atom stereocenters. The number of halogens is 2. The first kappa shape index (κ1) is 24.8. The molecule has 0 aliphatic carbocycles. The highest BCUT2D eigenvalue weighted by molar-refractivity contribution is 5.99. The summed E-state index contributed by atoms with van der Waals surface area (Å²) in [4.78, 5) is 28.7. The Bertz CT molecular complexity index is 995. The number of fused-ring (bicyclic) bond motifs is 1. The number of rotatable bonds is 8. The van der Waals surface area contributed by atoms with E-state index in [-0.39, 0.29) is 24.4 Å². The largest absolute Gasteiger partial charge is 0.326 e. The third-order valence-corrected chi connectivity index (χ3v) is 6.73. The van der Waals surface area contributed by atoms with E-state index in [9.17, 15) is 18.4 Å². The van der Waals surface area contributed by atoms with Gasteiger partial charge in [0.15, 0.2) is 0 Å². The summed E-state index contributed by atoms with van der Waals surface area (Å²) in [5.74, 6) is -3.24. The van der Waals surface area contributed by atoms with Crippen LogP contribution in [0.4, 0.5) is 14.5 Å². The van der Waals surface area contributed by atoms with Gasteiger partial charge in [0.2, 0.25) is 5.91 Å². The van der Waals surface area contributed by atoms with Crippen molar-refractivity contribution in [3.8, 4) is 0 Å². The van der Waals surface area contributed by atoms with Gasteiger partial charge in [-0.2, -0.15) is 0 Å². The molecule has 3 rings (SSSR count). The van der Waals surface area contributed by atoms with Crippen molar-refractivity contribution in [3.05, 3.63) is 65.2 Å². The second kappa shape index (κ2) is 10.4. The van der Waals surface area contributed by atoms with Crippen molar-refractivity contribution in [1.29, 1.82) is 0 Å². The van der Waals surface area contributed by atoms with E-state index in [4.69, 9.17) is 5.73 Å². The van der Waals surface area contributed by atoms with Crippen molar-refractivity contribution in [2.45, 2.75) is 51.9 Å². The van der Waals surface area contributed by atoms with Crippen LogP contribution in [0, 0.1) is 23.5 Å². The number of para-hydroxylation sites is 1. The average Bonchev–Trinajstić information content (AvgIpc) is 3.20. The normalized spacial score (nSPS) is 18.9. The first-order chi connectivity index (χ1) is 15.7. The maximum absolute atomic E-state index is 14.2. The van der Waals surface area contributed by atoms with Crippen LogP contribution in [0.3, 0.4) is 0 Å². The SMILES string of the molecule is CC[C@H](C)[C@H](C(=O)N1Cc2ccccc2[C@H]1C(=O)Nc1c(F)cccc1F)C(N)[C@H](C)NC. The maximum Gasteiger partial charge on any atom is 0.252 e. The number of carbonyl (C=O) groups is 2. The zero-order valence-electron chi connectivity index (χ0n) is 19.4. The van der Waals surface area contributed by atoms with Crippen LogP contribution >= 0.6 is 0 Å². The van der Waals surface area contributed by atoms with E-state index in [1.165, 1.54) is 11.0 Å². The lowest BCUT2D eigenvalue weighted by atomic mass is 9.81. The van der Waals surface area contributed by atoms with Crippen molar-refractivity contribution < 1.29 is 18.4 Å². The summed E-state index contributed by atoms with van der Waals surface area (Å²) in [5, 5.41) is 5.47. The van der Waals surface area contributed by atoms with Crippen LogP contribution < -0.4 is 16.4 Å². The third-order valence-electron chi connectivity index (χ3n) is 6.73. The fourth-order valence-corrected chi connectivity index (χ4v) is 4.42. The third kappa shape index (κ3) is 4.91. The van der Waals surface area contributed by atoms with Gasteiger partial charge in [0, 0.05) is 18.6 Å². The second-order valence-corrected chi connectivity index (χ2v) is 8.72. The van der Waals surface area contributed by atoms with Crippen molar-refractivity contribution in [2.24, 2.45) is 17.6 Å². The van der Waals surface area contributed by atoms with Gasteiger partial charge in [0.25, 0.3) is 5.91 Å². The zero-order chi connectivity index (χ0) is 24.3. The van der Waals surface area contributed by atoms with Crippen molar-refractivity contribution in [1.82, 2.24) is 10.2 Å². The molecular weight excluding hydrogens is 426 g/mol. The summed E-state index contributed by atoms with van der Waals surface area (Å²) in [6, 6.07) is 8.96. The summed E-state index contributed by atoms with van der Waals surface area (Å²) < 4.78 is 28.4. The molecule has 2 aromatic rings. The Kier molecular flexibility index (Phi) is 7.81. The number of amides is 2. The van der Waals surface area contributed by atoms with Gasteiger partial charge in [-0.1, -0.05) is 50.6 Å². The molecule has 6 nitrogen and oxygen atoms in total. The first-order valence-corrected chi connectivity index (χ1v) is 11.3. The molecule has 2 aromatic carbocycles. The molecule has 178 valence electrons. The molecule has 0 spiro atoms. The molecule has 4 N–H and O–H groups in total. The Balaban J connectivity index is 1.99. The lowest BCUT2D eigenvalue weighted by Gasteiger charge is -2.36. The summed E-state index contributed by atoms with van der Waals surface area (Å²) in [6.45, 7) is 6.10. The fraction of sp³-hybridized carbons (Fsp3) is 0.440. The molecule has 0 saturated heterocycles. The summed E-state index contributed by atoms with van der Waals surface area (Å²) in [7, 11) is 1.79. The second-order valence-electron chi connectivity index (χ2n) is 8.72. The predicted octanol–water partition coefficient (Wildman–Crippen LogP) is 3.58. The van der Waals surface area contributed by atoms with E-state index in [0.29, 0.717) is 5.56 Å². The summed E-state index contributed by atoms with van der Waals surface area (Å²) in [5.41, 5.74) is 7.42. The number of anilines is 1. The van der Waals surface area contributed by atoms with E-state index in [0.717, 1.165) is 24.1 Å². The Morgan fingerprint density at radius 3 is 2.36 bits per heavy atom. The molecule has 1 heterocycles. The average molecular weight is 459 g/mol. The molecule has 1 aliphatic heterocycles. The number of nitrogens with one attached hydrogen (secondary N) is 2. The molecule has 1 unspecified atom stereocenters. The minimum atomic E-state index is -1.02. The van der Waals surface area contributed by atoms with E-state index in [2.05, 4.69) is 10.6 Å². The van der Waals surface area contributed by atoms with Crippen molar-refractivity contribution in [2.75, 3.05) is 12.4 Å². The highest BCUT2D eigenvalue weighted by atomic mass is 19.1. The zero-order valence-corrected chi connectivity index (χ0v) is 19.4. The number of carbonyl (C=O) groups excluding carboxylic acids is 2. The quantitative estimate of drug-likeness (QED) is 0.564. The van der Waals surface area contributed by atoms with Crippen LogP contribution in [-0.2, 0) is 16.1 Å². The number of hydrogen-bond donors (Lipinski definition) is 3. The van der Waals surface area contributed by atoms with Crippen LogP contribution in [0.5, 0.6) is 0 Å². The highest BCUT2D eigenvalue weighted by Gasteiger charge is 2.44. The fourth-order valence-electron chi connectivity index (χ4n) is 4.42. The first-order valence-electron chi connectivity index (χ1n) is 11.3. The van der Waals surface area contributed by atoms with E-state index in [1.807, 2.05) is 32.9 Å². The van der Waals surface area contributed by atoms with Crippen LogP contribution in [-0.4, -0.2) is 35.8 Å². The molecular formula is C25H32F2N4O2. The van der Waals surface area contributed by atoms with Crippen molar-refractivity contribution >= 4 is 17.5 Å². The standard InChI is InChI=1S/C25H32F2N4O2/c1-5-14(2)20(21(28)15(3)29-4)25(33)31-13-16-9-6-7-10-17(16)23(31)24(32)30-22-18(26)11-8-12-19(22)27/h6-12,14-15,20-21,23,29H,5,13,28H2,1-4H3,(H,30,32)/t14-,15-,20-,21?,23-/m0/s1. The molecule has 0 saturated carbocycles. The molecule has 8 heteroatoms. The van der Waals surface area contributed by atoms with Crippen LogP contribution in [0.1, 0.15) is 44.4 Å². The van der Waals surface area contributed by atoms with Crippen LogP contribution in [0.15, 0.2) is 42.5 Å². The smallest absolute Gasteiger partial charge is 0.252 e. The number of likely N-dealkylation sites (N-methyl/N-ethyl adjacent to an activating group) is 1. The highest BCUT2D eigenvalue weighted by Crippen LogP contribution is 2.37. The molecule has 2 amide bonds. The number of nitrogens with zero attached hydrogens (tertiary/aromatic N) is 1. The predicted molar refractivity (Wildman–Crippen MR) is 124 cm³/mol. The van der Waals surface area contributed by atoms with E-state index < -0.39 is 41.2 Å². The lowest BCUT2D eigenvalue weighted by molar-refractivity contribution is -0.144. The molecule has 0 radical (unpaired) electrons. The van der Waals surface area contributed by atoms with Crippen LogP contribution in [0.2, 0.25) is 0 Å². The molecule has 1 aliphatic rings. The lowest BCUT2D eigenvalue weighted by Crippen LogP contribution is -2.54. The Hall–Kier alpha value is -2.84. The van der Waals surface area contributed by atoms with Gasteiger partial charge < -0.3 is 21.3 Å². The van der Waals surface area contributed by atoms with Gasteiger partial charge in [-0.15, -0.1) is 0 Å². The number of nitrogens with two attached hydrogens (primary N) is 1. The molecule has 33 heavy (non-hydrogen) atoms. The maximum atomic E-state index is 14.2. The monoisotopic (exact) mass is 458 g/mol. The van der Waals surface area contributed by atoms with Gasteiger partial charge in [-0.25, -0.2) is 8.78 Å². The van der Waals surface area contributed by atoms with Gasteiger partial charge in [-0.05, 0) is 43.1 Å². The van der Waals surface area contributed by atoms with E-state index in [1.54, 1.807) is 19.2 Å². The van der Waals surface area contributed by atoms with Gasteiger partial charge >= 0.3 is 0 Å². The Morgan fingerprint density at radius 2 is 1.76 bits per heavy atom. The Labute approximate surface area is 193 Å². The summed E-state index contributed by atoms with van der Waals surface area (Å²) >= 11 is 0. The molecule has 0 aromatic heterocycles. The number of benzene rings is 2. The minimum absolute atomic E-state index is 0.0280. The van der Waals surface area contributed by atoms with Gasteiger partial charge in [0.05, 0.1) is 5.92 Å².